The lowest BCUT2D eigenvalue weighted by Gasteiger charge is -2.26. The number of nitrogens with one attached hydrogen (secondary N) is 1. The quantitative estimate of drug-likeness (QED) is 0.153. The van der Waals surface area contributed by atoms with Crippen LogP contribution < -0.4 is 14.4 Å². The molecule has 0 atom stereocenters. The molecule has 1 fully saturated rings. The van der Waals surface area contributed by atoms with E-state index in [-0.39, 0.29) is 32.6 Å². The molecule has 0 bridgehead atoms. The molecule has 0 radical (unpaired) electrons. The third kappa shape index (κ3) is 5.45. The van der Waals surface area contributed by atoms with Crippen molar-refractivity contribution < 1.29 is 31.9 Å². The first-order valence-corrected chi connectivity index (χ1v) is 12.3. The summed E-state index contributed by atoms with van der Waals surface area (Å²) in [6.07, 6.45) is 1.12. The van der Waals surface area contributed by atoms with Gasteiger partial charge in [0, 0.05) is 17.2 Å². The van der Waals surface area contributed by atoms with E-state index in [4.69, 9.17) is 27.4 Å². The van der Waals surface area contributed by atoms with Gasteiger partial charge >= 0.3 is 16.1 Å². The number of anilines is 1. The number of rotatable bonds is 6. The smallest absolute Gasteiger partial charge is 0.339 e. The van der Waals surface area contributed by atoms with Gasteiger partial charge in [0.15, 0.2) is 5.75 Å². The van der Waals surface area contributed by atoms with Gasteiger partial charge in [0.05, 0.1) is 15.6 Å². The van der Waals surface area contributed by atoms with E-state index < -0.39 is 38.5 Å². The molecule has 3 aromatic rings. The molecule has 37 heavy (non-hydrogen) atoms. The summed E-state index contributed by atoms with van der Waals surface area (Å²) in [5.41, 5.74) is -0.751. The van der Waals surface area contributed by atoms with Crippen molar-refractivity contribution >= 4 is 68.6 Å². The Kier molecular flexibility index (Phi) is 6.99. The van der Waals surface area contributed by atoms with Crippen LogP contribution in [0.15, 0.2) is 77.2 Å². The number of benzene rings is 3. The van der Waals surface area contributed by atoms with Gasteiger partial charge in [-0.3, -0.25) is 25.0 Å². The van der Waals surface area contributed by atoms with E-state index >= 15 is 0 Å². The number of nitro benzene ring substituents is 1. The molecule has 14 heteroatoms. The number of hydrogen-bond donors (Lipinski definition) is 1. The van der Waals surface area contributed by atoms with Gasteiger partial charge in [-0.05, 0) is 54.1 Å². The van der Waals surface area contributed by atoms with Crippen molar-refractivity contribution in [3.63, 3.8) is 0 Å². The molecule has 188 valence electrons. The normalized spacial score (nSPS) is 15.0. The van der Waals surface area contributed by atoms with Gasteiger partial charge in [-0.1, -0.05) is 35.3 Å². The largest absolute Gasteiger partial charge is 0.377 e. The minimum atomic E-state index is -4.23. The van der Waals surface area contributed by atoms with Gasteiger partial charge in [0.1, 0.15) is 10.5 Å². The van der Waals surface area contributed by atoms with Gasteiger partial charge < -0.3 is 4.18 Å². The van der Waals surface area contributed by atoms with E-state index in [1.165, 1.54) is 60.7 Å². The van der Waals surface area contributed by atoms with Crippen LogP contribution in [0.1, 0.15) is 5.56 Å². The number of nitrogens with zero attached hydrogens (tertiary/aromatic N) is 2. The Balaban J connectivity index is 1.63. The summed E-state index contributed by atoms with van der Waals surface area (Å²) in [7, 11) is -4.23. The molecule has 0 saturated carbocycles. The molecule has 3 aromatic carbocycles. The molecule has 0 spiro atoms. The lowest BCUT2D eigenvalue weighted by molar-refractivity contribution is -0.384. The fraction of sp³-hybridized carbons (Fsp3) is 0. The van der Waals surface area contributed by atoms with E-state index in [2.05, 4.69) is 0 Å². The SMILES string of the molecule is O=C1NC(=O)N(c2cccc([N+](=O)[O-])c2)C(=O)/C1=C/c1ccc(OS(=O)(=O)c2ccc(Cl)cc2)c(Cl)c1. The molecule has 0 unspecified atom stereocenters. The van der Waals surface area contributed by atoms with Gasteiger partial charge in [0.25, 0.3) is 17.5 Å². The minimum Gasteiger partial charge on any atom is -0.377 e. The maximum Gasteiger partial charge on any atom is 0.339 e. The van der Waals surface area contributed by atoms with E-state index in [9.17, 15) is 32.9 Å². The van der Waals surface area contributed by atoms with Crippen molar-refractivity contribution in [1.82, 2.24) is 5.32 Å². The molecule has 1 saturated heterocycles. The molecule has 1 N–H and O–H groups in total. The van der Waals surface area contributed by atoms with Crippen LogP contribution in [0.2, 0.25) is 10.0 Å². The molecular formula is C23H13Cl2N3O8S. The molecule has 0 aliphatic carbocycles. The number of halogens is 2. The zero-order valence-electron chi connectivity index (χ0n) is 18.3. The van der Waals surface area contributed by atoms with Crippen LogP contribution in [-0.2, 0) is 19.7 Å². The zero-order chi connectivity index (χ0) is 26.9. The van der Waals surface area contributed by atoms with Crippen LogP contribution in [0.4, 0.5) is 16.2 Å². The second-order valence-corrected chi connectivity index (χ2v) is 9.81. The van der Waals surface area contributed by atoms with Crippen molar-refractivity contribution in [2.75, 3.05) is 4.90 Å². The Bertz CT molecular complexity index is 1600. The van der Waals surface area contributed by atoms with E-state index in [0.29, 0.717) is 9.92 Å². The first-order valence-electron chi connectivity index (χ1n) is 10.1. The number of carbonyl (C=O) groups excluding carboxylic acids is 3. The fourth-order valence-corrected chi connectivity index (χ4v) is 4.59. The number of imide groups is 2. The Hall–Kier alpha value is -4.26. The number of non-ortho nitro benzene ring substituents is 1. The molecule has 1 heterocycles. The van der Waals surface area contributed by atoms with Crippen molar-refractivity contribution in [3.05, 3.63) is 98.0 Å². The number of urea groups is 1. The molecule has 11 nitrogen and oxygen atoms in total. The van der Waals surface area contributed by atoms with E-state index in [1.54, 1.807) is 0 Å². The van der Waals surface area contributed by atoms with Crippen molar-refractivity contribution in [3.8, 4) is 5.75 Å². The van der Waals surface area contributed by atoms with Crippen LogP contribution in [-0.4, -0.2) is 31.2 Å². The second-order valence-electron chi connectivity index (χ2n) is 7.42. The topological polar surface area (TPSA) is 153 Å². The number of barbiturate groups is 1. The average molecular weight is 562 g/mol. The number of hydrogen-bond acceptors (Lipinski definition) is 8. The molecule has 0 aromatic heterocycles. The highest BCUT2D eigenvalue weighted by atomic mass is 35.5. The van der Waals surface area contributed by atoms with Crippen LogP contribution in [0, 0.1) is 10.1 Å². The van der Waals surface area contributed by atoms with Crippen LogP contribution in [0.5, 0.6) is 5.75 Å². The van der Waals surface area contributed by atoms with Crippen molar-refractivity contribution in [1.29, 1.82) is 0 Å². The monoisotopic (exact) mass is 561 g/mol. The number of nitro groups is 1. The van der Waals surface area contributed by atoms with E-state index in [1.807, 2.05) is 5.32 Å². The zero-order valence-corrected chi connectivity index (χ0v) is 20.6. The minimum absolute atomic E-state index is 0.121. The van der Waals surface area contributed by atoms with E-state index in [0.717, 1.165) is 12.1 Å². The lowest BCUT2D eigenvalue weighted by atomic mass is 10.1. The van der Waals surface area contributed by atoms with Crippen LogP contribution >= 0.6 is 23.2 Å². The van der Waals surface area contributed by atoms with Gasteiger partial charge in [-0.2, -0.15) is 8.42 Å². The highest BCUT2D eigenvalue weighted by Crippen LogP contribution is 2.31. The summed E-state index contributed by atoms with van der Waals surface area (Å²) in [4.78, 5) is 48.5. The van der Waals surface area contributed by atoms with Gasteiger partial charge in [0.2, 0.25) is 0 Å². The van der Waals surface area contributed by atoms with Crippen LogP contribution in [0.3, 0.4) is 0 Å². The predicted molar refractivity (Wildman–Crippen MR) is 133 cm³/mol. The lowest BCUT2D eigenvalue weighted by Crippen LogP contribution is -2.54. The summed E-state index contributed by atoms with van der Waals surface area (Å²) in [6, 6.07) is 12.7. The Morgan fingerprint density at radius 3 is 2.32 bits per heavy atom. The molecule has 1 aliphatic rings. The molecule has 1 aliphatic heterocycles. The van der Waals surface area contributed by atoms with Crippen molar-refractivity contribution in [2.24, 2.45) is 0 Å². The maximum absolute atomic E-state index is 13.0. The van der Waals surface area contributed by atoms with Gasteiger partial charge in [-0.15, -0.1) is 0 Å². The summed E-state index contributed by atoms with van der Waals surface area (Å²) in [6.45, 7) is 0. The maximum atomic E-state index is 13.0. The fourth-order valence-electron chi connectivity index (χ4n) is 3.25. The highest BCUT2D eigenvalue weighted by Gasteiger charge is 2.37. The Morgan fingerprint density at radius 2 is 1.68 bits per heavy atom. The highest BCUT2D eigenvalue weighted by molar-refractivity contribution is 7.87. The standard InChI is InChI=1S/C23H13Cl2N3O8S/c24-14-5-7-17(8-6-14)37(34,35)36-20-9-4-13(11-19(20)25)10-18-21(29)26-23(31)27(22(18)30)15-2-1-3-16(12-15)28(32)33/h1-12H,(H,26,29,31)/b18-10+. The first kappa shape index (κ1) is 25.8. The van der Waals surface area contributed by atoms with Crippen molar-refractivity contribution in [2.45, 2.75) is 4.90 Å². The second kappa shape index (κ2) is 10.0. The number of amides is 4. The predicted octanol–water partition coefficient (Wildman–Crippen LogP) is 4.34. The summed E-state index contributed by atoms with van der Waals surface area (Å²) in [5, 5.41) is 13.3. The molecular weight excluding hydrogens is 549 g/mol. The summed E-state index contributed by atoms with van der Waals surface area (Å²) in [5.74, 6) is -2.25. The average Bonchev–Trinajstić information content (AvgIpc) is 2.83. The Morgan fingerprint density at radius 1 is 0.973 bits per heavy atom. The molecule has 4 amide bonds. The summed E-state index contributed by atoms with van der Waals surface area (Å²) < 4.78 is 30.1. The van der Waals surface area contributed by atoms with Crippen LogP contribution in [0.25, 0.3) is 6.08 Å². The first-order chi connectivity index (χ1) is 17.5. The Labute approximate surface area is 219 Å². The molecule has 4 rings (SSSR count). The number of carbonyl (C=O) groups is 3. The third-order valence-corrected chi connectivity index (χ3v) is 6.77. The third-order valence-electron chi connectivity index (χ3n) is 4.97. The summed E-state index contributed by atoms with van der Waals surface area (Å²) >= 11 is 12.0. The van der Waals surface area contributed by atoms with Gasteiger partial charge in [-0.25, -0.2) is 9.69 Å².